The predicted molar refractivity (Wildman–Crippen MR) is 113 cm³/mol. The first kappa shape index (κ1) is 17.3. The number of Topliss-reactive ketones (excluding diaryl/α,β-unsaturated/α-hetero) is 1. The first-order chi connectivity index (χ1) is 13.2. The molecule has 0 bridgehead atoms. The molecule has 4 rings (SSSR count). The van der Waals surface area contributed by atoms with Crippen molar-refractivity contribution < 1.29 is 4.79 Å². The van der Waals surface area contributed by atoms with Gasteiger partial charge in [0.1, 0.15) is 0 Å². The molecule has 0 fully saturated rings. The van der Waals surface area contributed by atoms with Gasteiger partial charge in [-0.05, 0) is 47.5 Å². The third-order valence-corrected chi connectivity index (χ3v) is 5.48. The molecule has 1 nitrogen and oxygen atoms in total. The molecule has 0 aliphatic heterocycles. The molecule has 27 heavy (non-hydrogen) atoms. The third-order valence-electron chi connectivity index (χ3n) is 4.44. The van der Waals surface area contributed by atoms with E-state index in [1.165, 1.54) is 27.7 Å². The number of ketones is 1. The second-order valence-corrected chi connectivity index (χ2v) is 7.65. The van der Waals surface area contributed by atoms with Crippen LogP contribution < -0.4 is 0 Å². The van der Waals surface area contributed by atoms with Crippen LogP contribution in [0.25, 0.3) is 10.8 Å². The maximum Gasteiger partial charge on any atom is 0.177 e. The lowest BCUT2D eigenvalue weighted by atomic mass is 10.0. The molecule has 3 aromatic carbocycles. The number of hydrogen-bond donors (Lipinski definition) is 0. The number of aryl methyl sites for hydroxylation is 1. The van der Waals surface area contributed by atoms with Gasteiger partial charge in [-0.15, -0.1) is 11.3 Å². The number of fused-ring (bicyclic) bond motifs is 1. The molecule has 0 aliphatic rings. The third kappa shape index (κ3) is 4.16. The standard InChI is InChI=1S/C25H18OS/c1-18-6-8-19(9-7-18)11-13-23-14-15-25(27-23)24(26)17-20-10-12-21-4-2-3-5-22(21)16-20/h2-10,12,14-16H,17H2,1H3. The van der Waals surface area contributed by atoms with E-state index in [2.05, 4.69) is 55.2 Å². The number of carbonyl (C=O) groups is 1. The Bertz CT molecular complexity index is 1170. The van der Waals surface area contributed by atoms with Gasteiger partial charge >= 0.3 is 0 Å². The largest absolute Gasteiger partial charge is 0.293 e. The zero-order valence-corrected chi connectivity index (χ0v) is 15.8. The smallest absolute Gasteiger partial charge is 0.177 e. The van der Waals surface area contributed by atoms with Crippen molar-refractivity contribution in [3.63, 3.8) is 0 Å². The van der Waals surface area contributed by atoms with Gasteiger partial charge in [0.15, 0.2) is 5.78 Å². The van der Waals surface area contributed by atoms with Gasteiger partial charge in [-0.25, -0.2) is 0 Å². The van der Waals surface area contributed by atoms with Crippen molar-refractivity contribution >= 4 is 27.9 Å². The van der Waals surface area contributed by atoms with Crippen LogP contribution in [0, 0.1) is 18.8 Å². The Balaban J connectivity index is 1.49. The SMILES string of the molecule is Cc1ccc(C#Cc2ccc(C(=O)Cc3ccc4ccccc4c3)s2)cc1. The average Bonchev–Trinajstić information content (AvgIpc) is 3.17. The average molecular weight is 366 g/mol. The van der Waals surface area contributed by atoms with Crippen molar-refractivity contribution in [1.82, 2.24) is 0 Å². The molecule has 0 saturated heterocycles. The predicted octanol–water partition coefficient (Wildman–Crippen LogP) is 6.03. The van der Waals surface area contributed by atoms with E-state index < -0.39 is 0 Å². The molecule has 1 heterocycles. The molecule has 0 saturated carbocycles. The summed E-state index contributed by atoms with van der Waals surface area (Å²) >= 11 is 1.46. The number of rotatable bonds is 3. The highest BCUT2D eigenvalue weighted by Crippen LogP contribution is 2.20. The monoisotopic (exact) mass is 366 g/mol. The molecular weight excluding hydrogens is 348 g/mol. The van der Waals surface area contributed by atoms with Crippen molar-refractivity contribution in [3.8, 4) is 11.8 Å². The van der Waals surface area contributed by atoms with E-state index in [9.17, 15) is 4.79 Å². The summed E-state index contributed by atoms with van der Waals surface area (Å²) in [4.78, 5) is 14.3. The van der Waals surface area contributed by atoms with E-state index >= 15 is 0 Å². The zero-order chi connectivity index (χ0) is 18.6. The molecule has 2 heteroatoms. The summed E-state index contributed by atoms with van der Waals surface area (Å²) in [6, 6.07) is 26.4. The minimum atomic E-state index is 0.138. The fraction of sp³-hybridized carbons (Fsp3) is 0.0800. The lowest BCUT2D eigenvalue weighted by molar-refractivity contribution is 0.0997. The number of hydrogen-bond acceptors (Lipinski definition) is 2. The van der Waals surface area contributed by atoms with E-state index in [1.807, 2.05) is 42.5 Å². The van der Waals surface area contributed by atoms with Gasteiger partial charge < -0.3 is 0 Å². The minimum absolute atomic E-state index is 0.138. The van der Waals surface area contributed by atoms with Crippen LogP contribution in [-0.2, 0) is 6.42 Å². The van der Waals surface area contributed by atoms with E-state index in [1.54, 1.807) is 0 Å². The molecule has 0 amide bonds. The Morgan fingerprint density at radius 2 is 1.63 bits per heavy atom. The molecule has 0 radical (unpaired) electrons. The van der Waals surface area contributed by atoms with Crippen LogP contribution >= 0.6 is 11.3 Å². The molecule has 0 atom stereocenters. The Labute approximate surface area is 163 Å². The molecule has 0 N–H and O–H groups in total. The summed E-state index contributed by atoms with van der Waals surface area (Å²) in [6.45, 7) is 2.06. The lowest BCUT2D eigenvalue weighted by Crippen LogP contribution is -2.00. The van der Waals surface area contributed by atoms with Gasteiger partial charge in [0.05, 0.1) is 9.75 Å². The van der Waals surface area contributed by atoms with Gasteiger partial charge in [0, 0.05) is 12.0 Å². The van der Waals surface area contributed by atoms with E-state index in [0.717, 1.165) is 20.9 Å². The summed E-state index contributed by atoms with van der Waals surface area (Å²) in [7, 11) is 0. The van der Waals surface area contributed by atoms with E-state index in [0.29, 0.717) is 6.42 Å². The van der Waals surface area contributed by atoms with Crippen molar-refractivity contribution in [2.24, 2.45) is 0 Å². The summed E-state index contributed by atoms with van der Waals surface area (Å²) in [6.07, 6.45) is 0.413. The molecule has 0 aliphatic carbocycles. The quantitative estimate of drug-likeness (QED) is 0.319. The Morgan fingerprint density at radius 3 is 2.44 bits per heavy atom. The molecule has 130 valence electrons. The second-order valence-electron chi connectivity index (χ2n) is 6.56. The highest BCUT2D eigenvalue weighted by atomic mass is 32.1. The number of thiophene rings is 1. The van der Waals surface area contributed by atoms with Crippen molar-refractivity contribution in [1.29, 1.82) is 0 Å². The summed E-state index contributed by atoms with van der Waals surface area (Å²) < 4.78 is 0. The molecule has 0 unspecified atom stereocenters. The lowest BCUT2D eigenvalue weighted by Gasteiger charge is -2.02. The van der Waals surface area contributed by atoms with E-state index in [-0.39, 0.29) is 5.78 Å². The number of carbonyl (C=O) groups excluding carboxylic acids is 1. The van der Waals surface area contributed by atoms with Crippen molar-refractivity contribution in [3.05, 3.63) is 105 Å². The molecule has 0 spiro atoms. The van der Waals surface area contributed by atoms with Crippen molar-refractivity contribution in [2.45, 2.75) is 13.3 Å². The van der Waals surface area contributed by atoms with Crippen LogP contribution in [0.3, 0.4) is 0 Å². The maximum absolute atomic E-state index is 12.6. The van der Waals surface area contributed by atoms with Crippen molar-refractivity contribution in [2.75, 3.05) is 0 Å². The first-order valence-electron chi connectivity index (χ1n) is 8.87. The van der Waals surface area contributed by atoms with Crippen LogP contribution in [0.2, 0.25) is 0 Å². The fourth-order valence-corrected chi connectivity index (χ4v) is 3.74. The second kappa shape index (κ2) is 7.61. The van der Waals surface area contributed by atoms with Crippen LogP contribution in [0.5, 0.6) is 0 Å². The van der Waals surface area contributed by atoms with Crippen LogP contribution in [0.4, 0.5) is 0 Å². The summed E-state index contributed by atoms with van der Waals surface area (Å²) in [5.41, 5.74) is 3.25. The van der Waals surface area contributed by atoms with Gasteiger partial charge in [-0.1, -0.05) is 72.0 Å². The fourth-order valence-electron chi connectivity index (χ4n) is 2.95. The molecule has 4 aromatic rings. The van der Waals surface area contributed by atoms with Gasteiger partial charge in [-0.2, -0.15) is 0 Å². The minimum Gasteiger partial charge on any atom is -0.293 e. The Kier molecular flexibility index (Phi) is 4.87. The van der Waals surface area contributed by atoms with Gasteiger partial charge in [0.25, 0.3) is 0 Å². The van der Waals surface area contributed by atoms with Crippen LogP contribution in [0.15, 0.2) is 78.9 Å². The summed E-state index contributed by atoms with van der Waals surface area (Å²) in [5, 5.41) is 2.36. The first-order valence-corrected chi connectivity index (χ1v) is 9.68. The Hall–Kier alpha value is -3.15. The normalized spacial score (nSPS) is 10.4. The topological polar surface area (TPSA) is 17.1 Å². The number of benzene rings is 3. The van der Waals surface area contributed by atoms with Gasteiger partial charge in [-0.3, -0.25) is 4.79 Å². The zero-order valence-electron chi connectivity index (χ0n) is 15.0. The van der Waals surface area contributed by atoms with Crippen LogP contribution in [0.1, 0.15) is 31.2 Å². The molecular formula is C25H18OS. The molecule has 1 aromatic heterocycles. The maximum atomic E-state index is 12.6. The van der Waals surface area contributed by atoms with E-state index in [4.69, 9.17) is 0 Å². The summed E-state index contributed by atoms with van der Waals surface area (Å²) in [5.74, 6) is 6.46. The van der Waals surface area contributed by atoms with Crippen LogP contribution in [-0.4, -0.2) is 5.78 Å². The highest BCUT2D eigenvalue weighted by Gasteiger charge is 2.10. The van der Waals surface area contributed by atoms with Gasteiger partial charge in [0.2, 0.25) is 0 Å². The highest BCUT2D eigenvalue weighted by molar-refractivity contribution is 7.14. The Morgan fingerprint density at radius 1 is 0.852 bits per heavy atom.